The number of hydrogen-bond acceptors (Lipinski definition) is 7. The Balaban J connectivity index is 1.85. The average Bonchev–Trinajstić information content (AvgIpc) is 3.01. The van der Waals surface area contributed by atoms with E-state index in [2.05, 4.69) is 4.99 Å². The maximum Gasteiger partial charge on any atom is 0.359 e. The second-order valence-corrected chi connectivity index (χ2v) is 8.27. The smallest absolute Gasteiger partial charge is 0.359 e. The molecule has 0 aromatic heterocycles. The standard InChI is InChI=1S/C28H27N3O5/c1-3-35-25(32)19(2)31-23-17-11-10-16-22(23)24(21-14-8-5-9-15-21)30-28(29,26(31)33)27(34)36-18-20-12-6-4-7-13-20/h4-17,19H,3,18,29H2,1-2H3. The molecule has 184 valence electrons. The first kappa shape index (κ1) is 24.8. The number of fused-ring (bicyclic) bond motifs is 1. The molecule has 8 nitrogen and oxygen atoms in total. The number of hydrogen-bond donors (Lipinski definition) is 1. The van der Waals surface area contributed by atoms with Crippen molar-refractivity contribution in [3.63, 3.8) is 0 Å². The molecule has 3 aromatic carbocycles. The van der Waals surface area contributed by atoms with Gasteiger partial charge in [-0.3, -0.25) is 15.4 Å². The number of carbonyl (C=O) groups is 3. The van der Waals surface area contributed by atoms with E-state index in [0.717, 1.165) is 5.56 Å². The van der Waals surface area contributed by atoms with Crippen molar-refractivity contribution in [2.75, 3.05) is 11.5 Å². The lowest BCUT2D eigenvalue weighted by atomic mass is 10.00. The molecule has 0 saturated heterocycles. The fourth-order valence-corrected chi connectivity index (χ4v) is 4.00. The highest BCUT2D eigenvalue weighted by atomic mass is 16.5. The summed E-state index contributed by atoms with van der Waals surface area (Å²) in [5.41, 5.74) is 6.69. The van der Waals surface area contributed by atoms with E-state index in [-0.39, 0.29) is 13.2 Å². The molecule has 1 aliphatic rings. The second kappa shape index (κ2) is 10.5. The van der Waals surface area contributed by atoms with Gasteiger partial charge in [0.15, 0.2) is 0 Å². The van der Waals surface area contributed by atoms with Gasteiger partial charge in [-0.2, -0.15) is 0 Å². The van der Waals surface area contributed by atoms with Crippen LogP contribution in [-0.4, -0.2) is 41.9 Å². The monoisotopic (exact) mass is 485 g/mol. The molecule has 0 fully saturated rings. The highest BCUT2D eigenvalue weighted by Gasteiger charge is 2.51. The van der Waals surface area contributed by atoms with E-state index in [1.54, 1.807) is 55.5 Å². The van der Waals surface area contributed by atoms with Crippen molar-refractivity contribution in [1.29, 1.82) is 0 Å². The molecule has 0 radical (unpaired) electrons. The first-order valence-electron chi connectivity index (χ1n) is 11.6. The van der Waals surface area contributed by atoms with Crippen LogP contribution in [0.5, 0.6) is 0 Å². The molecule has 3 aromatic rings. The van der Waals surface area contributed by atoms with E-state index < -0.39 is 29.6 Å². The number of aliphatic imine (C=N–C) groups is 1. The molecule has 1 amide bonds. The maximum absolute atomic E-state index is 14.0. The Kier molecular flexibility index (Phi) is 7.26. The van der Waals surface area contributed by atoms with Gasteiger partial charge in [0.2, 0.25) is 0 Å². The van der Waals surface area contributed by atoms with E-state index in [4.69, 9.17) is 15.2 Å². The SMILES string of the molecule is CCOC(=O)C(C)N1C(=O)C(N)(C(=O)OCc2ccccc2)N=C(c2ccccc2)c2ccccc21. The van der Waals surface area contributed by atoms with Crippen molar-refractivity contribution in [2.24, 2.45) is 10.7 Å². The van der Waals surface area contributed by atoms with Crippen LogP contribution >= 0.6 is 0 Å². The Morgan fingerprint density at radius 1 is 0.944 bits per heavy atom. The number of benzodiazepines with no additional fused rings is 1. The molecule has 0 spiro atoms. The van der Waals surface area contributed by atoms with E-state index in [0.29, 0.717) is 22.5 Å². The van der Waals surface area contributed by atoms with Crippen molar-refractivity contribution >= 4 is 29.2 Å². The summed E-state index contributed by atoms with van der Waals surface area (Å²) in [5.74, 6) is -2.55. The number of benzene rings is 3. The van der Waals surface area contributed by atoms with E-state index in [9.17, 15) is 14.4 Å². The van der Waals surface area contributed by atoms with Crippen molar-refractivity contribution < 1.29 is 23.9 Å². The summed E-state index contributed by atoms with van der Waals surface area (Å²) in [6.07, 6.45) is 0. The zero-order valence-electron chi connectivity index (χ0n) is 20.1. The highest BCUT2D eigenvalue weighted by molar-refractivity contribution is 6.25. The molecule has 1 aliphatic heterocycles. The number of nitrogens with zero attached hydrogens (tertiary/aromatic N) is 2. The van der Waals surface area contributed by atoms with Crippen molar-refractivity contribution in [3.8, 4) is 0 Å². The average molecular weight is 486 g/mol. The number of anilines is 1. The maximum atomic E-state index is 14.0. The van der Waals surface area contributed by atoms with Crippen molar-refractivity contribution in [2.45, 2.75) is 32.2 Å². The lowest BCUT2D eigenvalue weighted by Crippen LogP contribution is -2.62. The molecule has 0 aliphatic carbocycles. The molecule has 2 atom stereocenters. The number of amides is 1. The van der Waals surface area contributed by atoms with Crippen LogP contribution in [0, 0.1) is 0 Å². The van der Waals surface area contributed by atoms with Gasteiger partial charge >= 0.3 is 11.9 Å². The highest BCUT2D eigenvalue weighted by Crippen LogP contribution is 2.33. The van der Waals surface area contributed by atoms with Crippen LogP contribution < -0.4 is 10.6 Å². The van der Waals surface area contributed by atoms with Gasteiger partial charge in [-0.05, 0) is 25.5 Å². The largest absolute Gasteiger partial charge is 0.464 e. The van der Waals surface area contributed by atoms with Crippen molar-refractivity contribution in [1.82, 2.24) is 0 Å². The van der Waals surface area contributed by atoms with Gasteiger partial charge in [0, 0.05) is 11.1 Å². The third kappa shape index (κ3) is 4.76. The van der Waals surface area contributed by atoms with Crippen LogP contribution in [0.15, 0.2) is 89.9 Å². The van der Waals surface area contributed by atoms with Crippen LogP contribution in [0.2, 0.25) is 0 Å². The number of para-hydroxylation sites is 1. The molecule has 8 heteroatoms. The molecule has 0 saturated carbocycles. The van der Waals surface area contributed by atoms with E-state index >= 15 is 0 Å². The Hall–Kier alpha value is -4.30. The Morgan fingerprint density at radius 2 is 1.56 bits per heavy atom. The summed E-state index contributed by atoms with van der Waals surface area (Å²) in [4.78, 5) is 45.9. The molecular weight excluding hydrogens is 458 g/mol. The number of carbonyl (C=O) groups excluding carboxylic acids is 3. The zero-order valence-corrected chi connectivity index (χ0v) is 20.1. The van der Waals surface area contributed by atoms with Gasteiger partial charge in [-0.15, -0.1) is 0 Å². The molecule has 1 heterocycles. The number of rotatable bonds is 7. The second-order valence-electron chi connectivity index (χ2n) is 8.27. The van der Waals surface area contributed by atoms with Crippen LogP contribution in [-0.2, 0) is 30.5 Å². The van der Waals surface area contributed by atoms with Gasteiger partial charge < -0.3 is 9.47 Å². The Labute approximate surface area is 209 Å². The Morgan fingerprint density at radius 3 is 2.22 bits per heavy atom. The van der Waals surface area contributed by atoms with Crippen LogP contribution in [0.3, 0.4) is 0 Å². The number of ether oxygens (including phenoxy) is 2. The van der Waals surface area contributed by atoms with Crippen molar-refractivity contribution in [3.05, 3.63) is 102 Å². The molecule has 4 rings (SSSR count). The quantitative estimate of drug-likeness (QED) is 0.406. The normalized spacial score (nSPS) is 17.9. The minimum absolute atomic E-state index is 0.0948. The van der Waals surface area contributed by atoms with Gasteiger partial charge in [-0.1, -0.05) is 78.9 Å². The van der Waals surface area contributed by atoms with Gasteiger partial charge in [-0.25, -0.2) is 14.6 Å². The molecule has 2 N–H and O–H groups in total. The summed E-state index contributed by atoms with van der Waals surface area (Å²) in [6.45, 7) is 3.23. The Bertz CT molecular complexity index is 1290. The zero-order chi connectivity index (χ0) is 25.7. The minimum Gasteiger partial charge on any atom is -0.464 e. The fourth-order valence-electron chi connectivity index (χ4n) is 4.00. The third-order valence-electron chi connectivity index (χ3n) is 5.84. The van der Waals surface area contributed by atoms with E-state index in [1.807, 2.05) is 36.4 Å². The van der Waals surface area contributed by atoms with Gasteiger partial charge in [0.25, 0.3) is 11.6 Å². The summed E-state index contributed by atoms with van der Waals surface area (Å²) in [5, 5.41) is 0. The summed E-state index contributed by atoms with van der Waals surface area (Å²) < 4.78 is 10.7. The summed E-state index contributed by atoms with van der Waals surface area (Å²) in [7, 11) is 0. The van der Waals surface area contributed by atoms with Crippen LogP contribution in [0.1, 0.15) is 30.5 Å². The van der Waals surface area contributed by atoms with Crippen LogP contribution in [0.25, 0.3) is 0 Å². The number of nitrogens with two attached hydrogens (primary N) is 1. The topological polar surface area (TPSA) is 111 Å². The molecular formula is C28H27N3O5. The predicted molar refractivity (Wildman–Crippen MR) is 135 cm³/mol. The molecule has 36 heavy (non-hydrogen) atoms. The minimum atomic E-state index is -2.44. The summed E-state index contributed by atoms with van der Waals surface area (Å²) >= 11 is 0. The lowest BCUT2D eigenvalue weighted by Gasteiger charge is -2.32. The number of esters is 2. The lowest BCUT2D eigenvalue weighted by molar-refractivity contribution is -0.156. The first-order valence-corrected chi connectivity index (χ1v) is 11.6. The predicted octanol–water partition coefficient (Wildman–Crippen LogP) is 3.22. The fraction of sp³-hybridized carbons (Fsp3) is 0.214. The van der Waals surface area contributed by atoms with Gasteiger partial charge in [0.05, 0.1) is 18.0 Å². The summed E-state index contributed by atoms with van der Waals surface area (Å²) in [6, 6.07) is 24.0. The van der Waals surface area contributed by atoms with Gasteiger partial charge in [0.1, 0.15) is 12.6 Å². The molecule has 2 unspecified atom stereocenters. The molecule has 0 bridgehead atoms. The third-order valence-corrected chi connectivity index (χ3v) is 5.84. The van der Waals surface area contributed by atoms with E-state index in [1.165, 1.54) is 11.8 Å². The first-order chi connectivity index (χ1) is 17.4. The van der Waals surface area contributed by atoms with Crippen LogP contribution in [0.4, 0.5) is 5.69 Å².